The van der Waals surface area contributed by atoms with E-state index in [1.807, 2.05) is 52.0 Å². The maximum atomic E-state index is 14.9. The molecule has 2 aliphatic heterocycles. The second-order valence-electron chi connectivity index (χ2n) is 11.0. The van der Waals surface area contributed by atoms with Crippen molar-refractivity contribution < 1.29 is 23.5 Å². The van der Waals surface area contributed by atoms with Crippen LogP contribution in [0.1, 0.15) is 80.5 Å². The molecule has 0 spiro atoms. The molecule has 0 saturated carbocycles. The quantitative estimate of drug-likeness (QED) is 0.510. The molecule has 37 heavy (non-hydrogen) atoms. The zero-order valence-corrected chi connectivity index (χ0v) is 22.0. The molecule has 2 aromatic carbocycles. The molecule has 9 heteroatoms. The number of rotatable bonds is 7. The molecule has 0 bridgehead atoms. The summed E-state index contributed by atoms with van der Waals surface area (Å²) < 4.78 is 26.2. The number of guanidine groups is 1. The first-order valence-electron chi connectivity index (χ1n) is 12.5. The van der Waals surface area contributed by atoms with Crippen LogP contribution in [-0.4, -0.2) is 47.5 Å². The molecule has 1 fully saturated rings. The van der Waals surface area contributed by atoms with Crippen LogP contribution in [0.4, 0.5) is 4.39 Å². The van der Waals surface area contributed by atoms with E-state index in [0.29, 0.717) is 24.2 Å². The van der Waals surface area contributed by atoms with Gasteiger partial charge in [-0.2, -0.15) is 0 Å². The number of carbonyl (C=O) groups is 2. The molecule has 8 nitrogen and oxygen atoms in total. The van der Waals surface area contributed by atoms with Gasteiger partial charge in [0.15, 0.2) is 5.96 Å². The highest BCUT2D eigenvalue weighted by atomic mass is 19.1. The average Bonchev–Trinajstić information content (AvgIpc) is 2.78. The Morgan fingerprint density at radius 2 is 2.00 bits per heavy atom. The van der Waals surface area contributed by atoms with Crippen molar-refractivity contribution in [3.8, 4) is 5.75 Å². The number of carbonyl (C=O) groups excluding carboxylic acids is 2. The lowest BCUT2D eigenvalue weighted by molar-refractivity contribution is -0.132. The molecule has 0 radical (unpaired) electrons. The standard InChI is InChI=1S/C28H35FN4O4/c1-27(2)16-24(34)33(26(30)32-27)22(10-11-36-5)17-12-18(14-19(29)13-17)25(35)31-21-15-28(3,4)37-23-9-7-6-8-20(21)23/h6-9,12-14,21-22H,10-11,15-16H2,1-5H3,(H2,30,32)(H,31,35)/t21-,22?/m0/s1. The molecule has 1 unspecified atom stereocenters. The van der Waals surface area contributed by atoms with Crippen LogP contribution in [0.3, 0.4) is 0 Å². The molecule has 2 aliphatic rings. The Kier molecular flexibility index (Phi) is 7.28. The van der Waals surface area contributed by atoms with Gasteiger partial charge in [0.25, 0.3) is 5.91 Å². The summed E-state index contributed by atoms with van der Waals surface area (Å²) in [6, 6.07) is 10.7. The van der Waals surface area contributed by atoms with Crippen molar-refractivity contribution in [3.63, 3.8) is 0 Å². The van der Waals surface area contributed by atoms with Gasteiger partial charge in [-0.3, -0.25) is 19.9 Å². The van der Waals surface area contributed by atoms with Gasteiger partial charge in [0.05, 0.1) is 12.1 Å². The van der Waals surface area contributed by atoms with Crippen LogP contribution < -0.4 is 15.4 Å². The Hall–Kier alpha value is -3.46. The Morgan fingerprint density at radius 1 is 1.27 bits per heavy atom. The number of hydrogen-bond acceptors (Lipinski definition) is 5. The highest BCUT2D eigenvalue weighted by Gasteiger charge is 2.39. The molecular weight excluding hydrogens is 475 g/mol. The van der Waals surface area contributed by atoms with E-state index in [1.165, 1.54) is 17.0 Å². The second-order valence-corrected chi connectivity index (χ2v) is 11.0. The van der Waals surface area contributed by atoms with Crippen LogP contribution in [0.15, 0.2) is 42.5 Å². The SMILES string of the molecule is COCCC(c1cc(F)cc(C(=O)N[C@H]2CC(C)(C)Oc3ccccc32)c1)N1C(=N)NC(C)(C)CC1=O. The van der Waals surface area contributed by atoms with Gasteiger partial charge >= 0.3 is 0 Å². The summed E-state index contributed by atoms with van der Waals surface area (Å²) in [6.07, 6.45) is 1.06. The third-order valence-corrected chi connectivity index (χ3v) is 6.72. The van der Waals surface area contributed by atoms with Crippen LogP contribution in [-0.2, 0) is 9.53 Å². The summed E-state index contributed by atoms with van der Waals surface area (Å²) in [4.78, 5) is 27.8. The molecule has 198 valence electrons. The molecule has 3 N–H and O–H groups in total. The summed E-state index contributed by atoms with van der Waals surface area (Å²) in [5.41, 5.74) is 0.390. The third-order valence-electron chi connectivity index (χ3n) is 6.72. The zero-order chi connectivity index (χ0) is 27.0. The van der Waals surface area contributed by atoms with E-state index >= 15 is 0 Å². The normalized spacial score (nSPS) is 20.9. The minimum Gasteiger partial charge on any atom is -0.487 e. The highest BCUT2D eigenvalue weighted by Crippen LogP contribution is 2.39. The molecule has 2 aromatic rings. The Labute approximate surface area is 217 Å². The lowest BCUT2D eigenvalue weighted by Gasteiger charge is -2.42. The fraction of sp³-hybridized carbons (Fsp3) is 0.464. The second kappa shape index (κ2) is 10.1. The Bertz CT molecular complexity index is 1190. The molecule has 2 atom stereocenters. The van der Waals surface area contributed by atoms with E-state index < -0.39 is 28.9 Å². The molecular formula is C28H35FN4O4. The number of fused-ring (bicyclic) bond motifs is 1. The van der Waals surface area contributed by atoms with Gasteiger partial charge < -0.3 is 20.1 Å². The van der Waals surface area contributed by atoms with Gasteiger partial charge in [-0.15, -0.1) is 0 Å². The summed E-state index contributed by atoms with van der Waals surface area (Å²) >= 11 is 0. The first kappa shape index (κ1) is 26.6. The summed E-state index contributed by atoms with van der Waals surface area (Å²) in [5.74, 6) is -0.615. The van der Waals surface area contributed by atoms with E-state index in [2.05, 4.69) is 10.6 Å². The van der Waals surface area contributed by atoms with Crippen LogP contribution in [0.5, 0.6) is 5.75 Å². The van der Waals surface area contributed by atoms with Crippen LogP contribution in [0.25, 0.3) is 0 Å². The summed E-state index contributed by atoms with van der Waals surface area (Å²) in [5, 5.41) is 14.6. The number of para-hydroxylation sites is 1. The van der Waals surface area contributed by atoms with Gasteiger partial charge in [0.2, 0.25) is 5.91 Å². The van der Waals surface area contributed by atoms with Crippen molar-refractivity contribution >= 4 is 17.8 Å². The smallest absolute Gasteiger partial charge is 0.251 e. The van der Waals surface area contributed by atoms with Gasteiger partial charge in [0, 0.05) is 43.2 Å². The van der Waals surface area contributed by atoms with Crippen molar-refractivity contribution in [2.24, 2.45) is 0 Å². The largest absolute Gasteiger partial charge is 0.487 e. The molecule has 0 aromatic heterocycles. The maximum absolute atomic E-state index is 14.9. The van der Waals surface area contributed by atoms with Crippen LogP contribution >= 0.6 is 0 Å². The highest BCUT2D eigenvalue weighted by molar-refractivity contribution is 5.99. The summed E-state index contributed by atoms with van der Waals surface area (Å²) in [7, 11) is 1.54. The lowest BCUT2D eigenvalue weighted by Crippen LogP contribution is -2.60. The van der Waals surface area contributed by atoms with Crippen molar-refractivity contribution in [1.82, 2.24) is 15.5 Å². The van der Waals surface area contributed by atoms with E-state index in [-0.39, 0.29) is 36.5 Å². The third kappa shape index (κ3) is 5.93. The number of amides is 2. The average molecular weight is 511 g/mol. The number of nitrogens with one attached hydrogen (secondary N) is 3. The Morgan fingerprint density at radius 3 is 2.70 bits per heavy atom. The zero-order valence-electron chi connectivity index (χ0n) is 22.0. The fourth-order valence-corrected chi connectivity index (χ4v) is 5.13. The number of nitrogens with zero attached hydrogens (tertiary/aromatic N) is 1. The molecule has 0 aliphatic carbocycles. The van der Waals surface area contributed by atoms with Crippen LogP contribution in [0, 0.1) is 11.2 Å². The predicted molar refractivity (Wildman–Crippen MR) is 138 cm³/mol. The maximum Gasteiger partial charge on any atom is 0.251 e. The first-order valence-corrected chi connectivity index (χ1v) is 12.5. The van der Waals surface area contributed by atoms with Gasteiger partial charge in [-0.05, 0) is 63.9 Å². The van der Waals surface area contributed by atoms with E-state index in [9.17, 15) is 14.0 Å². The van der Waals surface area contributed by atoms with Gasteiger partial charge in [0.1, 0.15) is 17.2 Å². The molecule has 2 heterocycles. The fourth-order valence-electron chi connectivity index (χ4n) is 5.13. The van der Waals surface area contributed by atoms with Crippen molar-refractivity contribution in [3.05, 3.63) is 65.0 Å². The van der Waals surface area contributed by atoms with Gasteiger partial charge in [-0.25, -0.2) is 4.39 Å². The minimum atomic E-state index is -0.673. The number of halogens is 1. The van der Waals surface area contributed by atoms with Crippen molar-refractivity contribution in [2.75, 3.05) is 13.7 Å². The topological polar surface area (TPSA) is 104 Å². The van der Waals surface area contributed by atoms with Gasteiger partial charge in [-0.1, -0.05) is 18.2 Å². The lowest BCUT2D eigenvalue weighted by atomic mass is 9.89. The monoisotopic (exact) mass is 510 g/mol. The van der Waals surface area contributed by atoms with E-state index in [0.717, 1.165) is 5.56 Å². The predicted octanol–water partition coefficient (Wildman–Crippen LogP) is 4.47. The number of benzene rings is 2. The summed E-state index contributed by atoms with van der Waals surface area (Å²) in [6.45, 7) is 7.91. The van der Waals surface area contributed by atoms with Crippen molar-refractivity contribution in [1.29, 1.82) is 5.41 Å². The number of hydrogen-bond donors (Lipinski definition) is 3. The first-order chi connectivity index (χ1) is 17.4. The molecule has 2 amide bonds. The number of ether oxygens (including phenoxy) is 2. The van der Waals surface area contributed by atoms with E-state index in [4.69, 9.17) is 14.9 Å². The Balaban J connectivity index is 1.64. The molecule has 4 rings (SSSR count). The van der Waals surface area contributed by atoms with Crippen molar-refractivity contribution in [2.45, 2.75) is 70.2 Å². The molecule has 1 saturated heterocycles. The number of methoxy groups -OCH3 is 1. The van der Waals surface area contributed by atoms with E-state index in [1.54, 1.807) is 13.2 Å². The minimum absolute atomic E-state index is 0.0568. The van der Waals surface area contributed by atoms with Crippen LogP contribution in [0.2, 0.25) is 0 Å².